The standard InChI is InChI=1S/C13H26N2O/c1-16-13-7-5-11(6-8-13)15-9-3-2-4-12(15)10-14/h11-13H,2-10,14H2,1H3. The van der Waals surface area contributed by atoms with Crippen molar-refractivity contribution >= 4 is 0 Å². The van der Waals surface area contributed by atoms with E-state index in [0.717, 1.165) is 12.6 Å². The third-order valence-electron chi connectivity index (χ3n) is 4.39. The van der Waals surface area contributed by atoms with Gasteiger partial charge in [0.25, 0.3) is 0 Å². The molecule has 2 aliphatic rings. The largest absolute Gasteiger partial charge is 0.381 e. The summed E-state index contributed by atoms with van der Waals surface area (Å²) in [5.74, 6) is 0. The molecule has 0 aromatic rings. The van der Waals surface area contributed by atoms with Crippen LogP contribution in [0.5, 0.6) is 0 Å². The molecule has 2 N–H and O–H groups in total. The lowest BCUT2D eigenvalue weighted by Gasteiger charge is -2.43. The molecule has 1 aliphatic carbocycles. The fourth-order valence-electron chi connectivity index (χ4n) is 3.37. The minimum Gasteiger partial charge on any atom is -0.381 e. The molecule has 16 heavy (non-hydrogen) atoms. The van der Waals surface area contributed by atoms with E-state index in [1.54, 1.807) is 0 Å². The van der Waals surface area contributed by atoms with Crippen molar-refractivity contribution in [1.29, 1.82) is 0 Å². The van der Waals surface area contributed by atoms with Crippen molar-refractivity contribution in [3.05, 3.63) is 0 Å². The number of methoxy groups -OCH3 is 1. The lowest BCUT2D eigenvalue weighted by molar-refractivity contribution is 0.0173. The number of rotatable bonds is 3. The Kier molecular flexibility index (Phi) is 4.62. The quantitative estimate of drug-likeness (QED) is 0.797. The summed E-state index contributed by atoms with van der Waals surface area (Å²) < 4.78 is 5.44. The number of ether oxygens (including phenoxy) is 1. The van der Waals surface area contributed by atoms with Gasteiger partial charge in [0.1, 0.15) is 0 Å². The minimum atomic E-state index is 0.511. The van der Waals surface area contributed by atoms with Crippen LogP contribution in [-0.2, 0) is 4.74 Å². The molecular formula is C13H26N2O. The van der Waals surface area contributed by atoms with Crippen LogP contribution in [0, 0.1) is 0 Å². The molecule has 1 aliphatic heterocycles. The predicted octanol–water partition coefficient (Wildman–Crippen LogP) is 1.76. The van der Waals surface area contributed by atoms with Crippen LogP contribution in [0.2, 0.25) is 0 Å². The summed E-state index contributed by atoms with van der Waals surface area (Å²) in [5.41, 5.74) is 5.89. The lowest BCUT2D eigenvalue weighted by Crippen LogP contribution is -2.50. The van der Waals surface area contributed by atoms with Crippen LogP contribution in [0.15, 0.2) is 0 Å². The number of piperidine rings is 1. The van der Waals surface area contributed by atoms with Gasteiger partial charge < -0.3 is 10.5 Å². The third-order valence-corrected chi connectivity index (χ3v) is 4.39. The molecule has 0 bridgehead atoms. The number of likely N-dealkylation sites (tertiary alicyclic amines) is 1. The van der Waals surface area contributed by atoms with Crippen molar-refractivity contribution in [2.24, 2.45) is 5.73 Å². The van der Waals surface area contributed by atoms with Crippen LogP contribution in [0.4, 0.5) is 0 Å². The summed E-state index contributed by atoms with van der Waals surface area (Å²) in [6.45, 7) is 2.11. The minimum absolute atomic E-state index is 0.511. The molecule has 2 fully saturated rings. The van der Waals surface area contributed by atoms with E-state index in [9.17, 15) is 0 Å². The Morgan fingerprint density at radius 2 is 1.88 bits per heavy atom. The average Bonchev–Trinajstić information content (AvgIpc) is 2.39. The molecule has 3 nitrogen and oxygen atoms in total. The normalized spacial score (nSPS) is 37.5. The molecule has 0 aromatic carbocycles. The highest BCUT2D eigenvalue weighted by Gasteiger charge is 2.31. The average molecular weight is 226 g/mol. The molecule has 1 saturated carbocycles. The van der Waals surface area contributed by atoms with Crippen LogP contribution in [0.25, 0.3) is 0 Å². The van der Waals surface area contributed by atoms with Gasteiger partial charge in [-0.15, -0.1) is 0 Å². The summed E-state index contributed by atoms with van der Waals surface area (Å²) in [7, 11) is 1.84. The van der Waals surface area contributed by atoms with Crippen molar-refractivity contribution in [2.75, 3.05) is 20.2 Å². The van der Waals surface area contributed by atoms with Crippen molar-refractivity contribution in [3.8, 4) is 0 Å². The summed E-state index contributed by atoms with van der Waals surface area (Å²) in [5, 5.41) is 0. The molecule has 1 heterocycles. The molecule has 0 spiro atoms. The first-order chi connectivity index (χ1) is 7.85. The van der Waals surface area contributed by atoms with Gasteiger partial charge in [-0.25, -0.2) is 0 Å². The summed E-state index contributed by atoms with van der Waals surface area (Å²) >= 11 is 0. The Morgan fingerprint density at radius 3 is 2.50 bits per heavy atom. The number of nitrogens with zero attached hydrogens (tertiary/aromatic N) is 1. The second kappa shape index (κ2) is 5.99. The summed E-state index contributed by atoms with van der Waals surface area (Å²) in [4.78, 5) is 2.69. The van der Waals surface area contributed by atoms with Crippen molar-refractivity contribution < 1.29 is 4.74 Å². The summed E-state index contributed by atoms with van der Waals surface area (Å²) in [6.07, 6.45) is 9.61. The Bertz CT molecular complexity index is 202. The van der Waals surface area contributed by atoms with Crippen LogP contribution >= 0.6 is 0 Å². The highest BCUT2D eigenvalue weighted by atomic mass is 16.5. The molecule has 94 valence electrons. The predicted molar refractivity (Wildman–Crippen MR) is 66.5 cm³/mol. The second-order valence-corrected chi connectivity index (χ2v) is 5.29. The van der Waals surface area contributed by atoms with Gasteiger partial charge in [-0.2, -0.15) is 0 Å². The van der Waals surface area contributed by atoms with Crippen LogP contribution < -0.4 is 5.73 Å². The summed E-state index contributed by atoms with van der Waals surface area (Å²) in [6, 6.07) is 1.43. The van der Waals surface area contributed by atoms with E-state index in [1.807, 2.05) is 7.11 Å². The van der Waals surface area contributed by atoms with Gasteiger partial charge in [0.05, 0.1) is 6.10 Å². The van der Waals surface area contributed by atoms with Crippen LogP contribution in [0.1, 0.15) is 44.9 Å². The maximum absolute atomic E-state index is 5.89. The molecule has 2 rings (SSSR count). The fraction of sp³-hybridized carbons (Fsp3) is 1.00. The van der Waals surface area contributed by atoms with Crippen LogP contribution in [-0.4, -0.2) is 43.3 Å². The number of nitrogens with two attached hydrogens (primary N) is 1. The van der Waals surface area contributed by atoms with E-state index >= 15 is 0 Å². The zero-order valence-corrected chi connectivity index (χ0v) is 10.5. The smallest absolute Gasteiger partial charge is 0.0572 e. The Hall–Kier alpha value is -0.120. The fourth-order valence-corrected chi connectivity index (χ4v) is 3.37. The van der Waals surface area contributed by atoms with Crippen molar-refractivity contribution in [1.82, 2.24) is 4.90 Å². The zero-order chi connectivity index (χ0) is 11.4. The van der Waals surface area contributed by atoms with Gasteiger partial charge in [0, 0.05) is 25.7 Å². The maximum atomic E-state index is 5.89. The van der Waals surface area contributed by atoms with E-state index in [4.69, 9.17) is 10.5 Å². The van der Waals surface area contributed by atoms with Gasteiger partial charge in [0.15, 0.2) is 0 Å². The molecule has 3 heteroatoms. The highest BCUT2D eigenvalue weighted by Crippen LogP contribution is 2.29. The molecule has 1 saturated heterocycles. The molecule has 0 amide bonds. The molecule has 1 atom stereocenters. The number of hydrogen-bond acceptors (Lipinski definition) is 3. The van der Waals surface area contributed by atoms with Gasteiger partial charge in [0.2, 0.25) is 0 Å². The number of hydrogen-bond donors (Lipinski definition) is 1. The molecule has 0 aromatic heterocycles. The maximum Gasteiger partial charge on any atom is 0.0572 e. The second-order valence-electron chi connectivity index (χ2n) is 5.29. The van der Waals surface area contributed by atoms with E-state index in [-0.39, 0.29) is 0 Å². The van der Waals surface area contributed by atoms with Gasteiger partial charge in [-0.1, -0.05) is 6.42 Å². The van der Waals surface area contributed by atoms with E-state index in [1.165, 1.54) is 51.5 Å². The molecular weight excluding hydrogens is 200 g/mol. The topological polar surface area (TPSA) is 38.5 Å². The van der Waals surface area contributed by atoms with Crippen molar-refractivity contribution in [2.45, 2.75) is 63.1 Å². The lowest BCUT2D eigenvalue weighted by atomic mass is 9.89. The first-order valence-corrected chi connectivity index (χ1v) is 6.83. The van der Waals surface area contributed by atoms with Gasteiger partial charge in [-0.05, 0) is 45.1 Å². The molecule has 0 radical (unpaired) electrons. The molecule has 1 unspecified atom stereocenters. The first kappa shape index (κ1) is 12.3. The Balaban J connectivity index is 1.86. The van der Waals surface area contributed by atoms with E-state index in [0.29, 0.717) is 12.1 Å². The monoisotopic (exact) mass is 226 g/mol. The van der Waals surface area contributed by atoms with E-state index < -0.39 is 0 Å². The Labute approximate surface area is 99.3 Å². The van der Waals surface area contributed by atoms with Gasteiger partial charge >= 0.3 is 0 Å². The SMILES string of the molecule is COC1CCC(N2CCCCC2CN)CC1. The van der Waals surface area contributed by atoms with Crippen LogP contribution in [0.3, 0.4) is 0 Å². The first-order valence-electron chi connectivity index (χ1n) is 6.83. The third kappa shape index (κ3) is 2.76. The zero-order valence-electron chi connectivity index (χ0n) is 10.5. The highest BCUT2D eigenvalue weighted by molar-refractivity contribution is 4.86. The Morgan fingerprint density at radius 1 is 1.12 bits per heavy atom. The van der Waals surface area contributed by atoms with E-state index in [2.05, 4.69) is 4.90 Å². The van der Waals surface area contributed by atoms with Crippen molar-refractivity contribution in [3.63, 3.8) is 0 Å². The van der Waals surface area contributed by atoms with Gasteiger partial charge in [-0.3, -0.25) is 4.90 Å².